The van der Waals surface area contributed by atoms with Crippen LogP contribution in [0.5, 0.6) is 0 Å². The van der Waals surface area contributed by atoms with Crippen molar-refractivity contribution < 1.29 is 9.47 Å². The number of hydrogen-bond donors (Lipinski definition) is 0. The van der Waals surface area contributed by atoms with E-state index in [1.54, 1.807) is 0 Å². The minimum absolute atomic E-state index is 0.490. The van der Waals surface area contributed by atoms with E-state index < -0.39 is 0 Å². The first-order chi connectivity index (χ1) is 7.83. The molecule has 0 aromatic heterocycles. The van der Waals surface area contributed by atoms with E-state index in [-0.39, 0.29) is 0 Å². The maximum absolute atomic E-state index is 5.95. The Balaban J connectivity index is 1.58. The van der Waals surface area contributed by atoms with Crippen molar-refractivity contribution in [3.05, 3.63) is 0 Å². The van der Waals surface area contributed by atoms with Crippen LogP contribution in [0.1, 0.15) is 32.6 Å². The van der Waals surface area contributed by atoms with Crippen molar-refractivity contribution >= 4 is 0 Å². The van der Waals surface area contributed by atoms with Crippen LogP contribution >= 0.6 is 0 Å². The van der Waals surface area contributed by atoms with E-state index in [0.717, 1.165) is 25.2 Å². The maximum atomic E-state index is 5.95. The van der Waals surface area contributed by atoms with Gasteiger partial charge >= 0.3 is 0 Å². The molecule has 3 heteroatoms. The highest BCUT2D eigenvalue weighted by Gasteiger charge is 2.39. The topological polar surface area (TPSA) is 21.7 Å². The van der Waals surface area contributed by atoms with Gasteiger partial charge in [0.15, 0.2) is 0 Å². The van der Waals surface area contributed by atoms with Crippen LogP contribution in [0.15, 0.2) is 0 Å². The second-order valence-corrected chi connectivity index (χ2v) is 5.61. The third kappa shape index (κ3) is 2.13. The van der Waals surface area contributed by atoms with Crippen LogP contribution in [0.4, 0.5) is 0 Å². The Kier molecular flexibility index (Phi) is 3.18. The molecule has 3 nitrogen and oxygen atoms in total. The monoisotopic (exact) mass is 225 g/mol. The van der Waals surface area contributed by atoms with Gasteiger partial charge in [0, 0.05) is 38.3 Å². The zero-order valence-electron chi connectivity index (χ0n) is 10.2. The molecule has 3 atom stereocenters. The zero-order chi connectivity index (χ0) is 11.0. The summed E-state index contributed by atoms with van der Waals surface area (Å²) in [6.45, 7) is 6.64. The smallest absolute Gasteiger partial charge is 0.0632 e. The summed E-state index contributed by atoms with van der Waals surface area (Å²) in [6, 6.07) is 0.783. The molecule has 0 bridgehead atoms. The predicted molar refractivity (Wildman–Crippen MR) is 62.5 cm³/mol. The Morgan fingerprint density at radius 1 is 1.12 bits per heavy atom. The summed E-state index contributed by atoms with van der Waals surface area (Å²) in [5.74, 6) is 0.798. The summed E-state index contributed by atoms with van der Waals surface area (Å²) in [7, 11) is 0. The fraction of sp³-hybridized carbons (Fsp3) is 1.00. The second-order valence-electron chi connectivity index (χ2n) is 5.61. The standard InChI is InChI=1S/C13H23NO2/c1-10-8-11-9-14(5-2-13(11)16-10)12-3-6-15-7-4-12/h10-13H,2-9H2,1H3/t10-,11-,13+/m1/s1. The second kappa shape index (κ2) is 4.63. The third-order valence-electron chi connectivity index (χ3n) is 4.44. The van der Waals surface area contributed by atoms with Crippen LogP contribution in [-0.2, 0) is 9.47 Å². The lowest BCUT2D eigenvalue weighted by Crippen LogP contribution is -2.48. The van der Waals surface area contributed by atoms with Crippen LogP contribution in [0, 0.1) is 5.92 Å². The highest BCUT2D eigenvalue weighted by atomic mass is 16.5. The van der Waals surface area contributed by atoms with E-state index in [2.05, 4.69) is 11.8 Å². The summed E-state index contributed by atoms with van der Waals surface area (Å²) in [5.41, 5.74) is 0. The van der Waals surface area contributed by atoms with Crippen molar-refractivity contribution in [2.24, 2.45) is 5.92 Å². The molecular formula is C13H23NO2. The first kappa shape index (κ1) is 11.0. The lowest BCUT2D eigenvalue weighted by atomic mass is 9.91. The minimum atomic E-state index is 0.490. The maximum Gasteiger partial charge on any atom is 0.0632 e. The Labute approximate surface area is 98.1 Å². The Bertz CT molecular complexity index is 240. The lowest BCUT2D eigenvalue weighted by Gasteiger charge is -2.40. The molecule has 0 aromatic carbocycles. The molecule has 0 N–H and O–H groups in total. The normalized spacial score (nSPS) is 42.2. The van der Waals surface area contributed by atoms with Gasteiger partial charge in [-0.25, -0.2) is 0 Å². The largest absolute Gasteiger partial charge is 0.381 e. The Morgan fingerprint density at radius 2 is 1.94 bits per heavy atom. The average molecular weight is 225 g/mol. The van der Waals surface area contributed by atoms with Crippen molar-refractivity contribution in [3.8, 4) is 0 Å². The number of ether oxygens (including phenoxy) is 2. The van der Waals surface area contributed by atoms with Crippen molar-refractivity contribution in [1.82, 2.24) is 4.90 Å². The van der Waals surface area contributed by atoms with Gasteiger partial charge in [0.05, 0.1) is 12.2 Å². The van der Waals surface area contributed by atoms with E-state index in [1.165, 1.54) is 38.8 Å². The van der Waals surface area contributed by atoms with Crippen molar-refractivity contribution in [2.45, 2.75) is 50.9 Å². The molecule has 3 aliphatic rings. The molecule has 0 aromatic rings. The van der Waals surface area contributed by atoms with E-state index in [4.69, 9.17) is 9.47 Å². The number of rotatable bonds is 1. The van der Waals surface area contributed by atoms with Gasteiger partial charge in [-0.3, -0.25) is 4.90 Å². The highest BCUT2D eigenvalue weighted by Crippen LogP contribution is 2.34. The van der Waals surface area contributed by atoms with Crippen LogP contribution < -0.4 is 0 Å². The van der Waals surface area contributed by atoms with Gasteiger partial charge in [-0.2, -0.15) is 0 Å². The quantitative estimate of drug-likeness (QED) is 0.677. The minimum Gasteiger partial charge on any atom is -0.381 e. The zero-order valence-corrected chi connectivity index (χ0v) is 10.2. The molecular weight excluding hydrogens is 202 g/mol. The van der Waals surface area contributed by atoms with Crippen LogP contribution in [0.3, 0.4) is 0 Å². The number of likely N-dealkylation sites (tertiary alicyclic amines) is 1. The molecule has 3 aliphatic heterocycles. The molecule has 3 heterocycles. The molecule has 0 radical (unpaired) electrons. The van der Waals surface area contributed by atoms with Crippen molar-refractivity contribution in [1.29, 1.82) is 0 Å². The van der Waals surface area contributed by atoms with E-state index >= 15 is 0 Å². The fourth-order valence-electron chi connectivity index (χ4n) is 3.61. The summed E-state index contributed by atoms with van der Waals surface area (Å²) >= 11 is 0. The molecule has 3 rings (SSSR count). The molecule has 0 spiro atoms. The Morgan fingerprint density at radius 3 is 2.75 bits per heavy atom. The van der Waals surface area contributed by atoms with Crippen molar-refractivity contribution in [2.75, 3.05) is 26.3 Å². The summed E-state index contributed by atoms with van der Waals surface area (Å²) in [4.78, 5) is 2.70. The molecule has 0 unspecified atom stereocenters. The third-order valence-corrected chi connectivity index (χ3v) is 4.44. The predicted octanol–water partition coefficient (Wildman–Crippen LogP) is 1.66. The van der Waals surface area contributed by atoms with E-state index in [0.29, 0.717) is 12.2 Å². The highest BCUT2D eigenvalue weighted by molar-refractivity contribution is 4.90. The van der Waals surface area contributed by atoms with Crippen LogP contribution in [0.2, 0.25) is 0 Å². The van der Waals surface area contributed by atoms with Gasteiger partial charge < -0.3 is 9.47 Å². The first-order valence-electron chi connectivity index (χ1n) is 6.80. The Hall–Kier alpha value is -0.120. The van der Waals surface area contributed by atoms with Crippen LogP contribution in [0.25, 0.3) is 0 Å². The lowest BCUT2D eigenvalue weighted by molar-refractivity contribution is -0.0232. The molecule has 3 saturated heterocycles. The molecule has 16 heavy (non-hydrogen) atoms. The number of nitrogens with zero attached hydrogens (tertiary/aromatic N) is 1. The SMILES string of the molecule is C[C@@H]1C[C@@H]2CN(C3CCOCC3)CC[C@@H]2O1. The molecule has 0 aliphatic carbocycles. The number of fused-ring (bicyclic) bond motifs is 1. The van der Waals surface area contributed by atoms with E-state index in [9.17, 15) is 0 Å². The van der Waals surface area contributed by atoms with Gasteiger partial charge in [-0.05, 0) is 32.6 Å². The molecule has 0 amide bonds. The molecule has 92 valence electrons. The van der Waals surface area contributed by atoms with E-state index in [1.807, 2.05) is 0 Å². The van der Waals surface area contributed by atoms with Crippen LogP contribution in [-0.4, -0.2) is 49.5 Å². The molecule has 0 saturated carbocycles. The van der Waals surface area contributed by atoms with Gasteiger partial charge in [-0.1, -0.05) is 0 Å². The summed E-state index contributed by atoms with van der Waals surface area (Å²) in [5, 5.41) is 0. The first-order valence-corrected chi connectivity index (χ1v) is 6.80. The molecule has 3 fully saturated rings. The average Bonchev–Trinajstić information content (AvgIpc) is 2.69. The summed E-state index contributed by atoms with van der Waals surface area (Å²) < 4.78 is 11.4. The van der Waals surface area contributed by atoms with Gasteiger partial charge in [0.25, 0.3) is 0 Å². The number of hydrogen-bond acceptors (Lipinski definition) is 3. The van der Waals surface area contributed by atoms with Gasteiger partial charge in [0.1, 0.15) is 0 Å². The number of piperidine rings is 1. The summed E-state index contributed by atoms with van der Waals surface area (Å²) in [6.07, 6.45) is 6.02. The van der Waals surface area contributed by atoms with Gasteiger partial charge in [0.2, 0.25) is 0 Å². The van der Waals surface area contributed by atoms with Gasteiger partial charge in [-0.15, -0.1) is 0 Å². The van der Waals surface area contributed by atoms with Crippen molar-refractivity contribution in [3.63, 3.8) is 0 Å². The fourth-order valence-corrected chi connectivity index (χ4v) is 3.61.